The Morgan fingerprint density at radius 1 is 0.939 bits per heavy atom. The van der Waals surface area contributed by atoms with Crippen LogP contribution in [0.2, 0.25) is 0 Å². The summed E-state index contributed by atoms with van der Waals surface area (Å²) in [6, 6.07) is 7.53. The lowest BCUT2D eigenvalue weighted by Crippen LogP contribution is -2.29. The molecule has 6 nitrogen and oxygen atoms in total. The summed E-state index contributed by atoms with van der Waals surface area (Å²) in [6.07, 6.45) is 0.798. The molecular weight excluding hydrogens is 434 g/mol. The Kier molecular flexibility index (Phi) is 9.49. The Bertz CT molecular complexity index is 954. The van der Waals surface area contributed by atoms with Gasteiger partial charge in [-0.1, -0.05) is 12.1 Å². The number of methoxy groups -OCH3 is 1. The van der Waals surface area contributed by atoms with E-state index in [1.807, 2.05) is 27.7 Å². The lowest BCUT2D eigenvalue weighted by molar-refractivity contribution is -0.0552. The molecule has 2 rings (SSSR count). The summed E-state index contributed by atoms with van der Waals surface area (Å²) in [5, 5.41) is 0. The molecule has 0 unspecified atom stereocenters. The summed E-state index contributed by atoms with van der Waals surface area (Å²) in [5.41, 5.74) is -0.694. The molecule has 0 saturated carbocycles. The number of ketones is 1. The number of hydrogen-bond acceptors (Lipinski definition) is 6. The van der Waals surface area contributed by atoms with Crippen LogP contribution in [-0.2, 0) is 14.2 Å². The van der Waals surface area contributed by atoms with Crippen LogP contribution in [0.4, 0.5) is 8.78 Å². The van der Waals surface area contributed by atoms with Crippen LogP contribution in [0.25, 0.3) is 0 Å². The van der Waals surface area contributed by atoms with E-state index in [0.29, 0.717) is 13.0 Å². The summed E-state index contributed by atoms with van der Waals surface area (Å²) in [5.74, 6) is -3.92. The molecule has 0 amide bonds. The number of esters is 1. The van der Waals surface area contributed by atoms with Gasteiger partial charge in [0.05, 0.1) is 31.0 Å². The van der Waals surface area contributed by atoms with Gasteiger partial charge in [0.25, 0.3) is 0 Å². The van der Waals surface area contributed by atoms with Crippen LogP contribution in [0.1, 0.15) is 60.4 Å². The molecule has 0 heterocycles. The third-order valence-corrected chi connectivity index (χ3v) is 4.84. The van der Waals surface area contributed by atoms with Crippen molar-refractivity contribution in [2.45, 2.75) is 45.8 Å². The van der Waals surface area contributed by atoms with Gasteiger partial charge in [-0.25, -0.2) is 13.6 Å². The Labute approximate surface area is 192 Å². The van der Waals surface area contributed by atoms with Gasteiger partial charge in [0.15, 0.2) is 17.4 Å². The van der Waals surface area contributed by atoms with Gasteiger partial charge in [-0.2, -0.15) is 0 Å². The fourth-order valence-corrected chi connectivity index (χ4v) is 2.97. The highest BCUT2D eigenvalue weighted by Gasteiger charge is 2.24. The molecule has 0 aliphatic rings. The minimum atomic E-state index is -1.30. The zero-order valence-electron chi connectivity index (χ0n) is 19.6. The van der Waals surface area contributed by atoms with Gasteiger partial charge < -0.3 is 18.9 Å². The summed E-state index contributed by atoms with van der Waals surface area (Å²) < 4.78 is 50.0. The number of hydrogen-bond donors (Lipinski definition) is 0. The summed E-state index contributed by atoms with van der Waals surface area (Å²) in [4.78, 5) is 24.5. The lowest BCUT2D eigenvalue weighted by Gasteiger charge is -2.26. The van der Waals surface area contributed by atoms with Gasteiger partial charge in [-0.15, -0.1) is 0 Å². The second-order valence-corrected chi connectivity index (χ2v) is 8.26. The molecule has 0 bridgehead atoms. The van der Waals surface area contributed by atoms with Crippen LogP contribution in [0.15, 0.2) is 36.4 Å². The van der Waals surface area contributed by atoms with Crippen LogP contribution in [-0.4, -0.2) is 50.4 Å². The van der Waals surface area contributed by atoms with Gasteiger partial charge in [-0.05, 0) is 58.4 Å². The first kappa shape index (κ1) is 26.4. The third kappa shape index (κ3) is 7.61. The van der Waals surface area contributed by atoms with Crippen LogP contribution in [0.5, 0.6) is 5.75 Å². The van der Waals surface area contributed by atoms with E-state index in [1.54, 1.807) is 0 Å². The van der Waals surface area contributed by atoms with E-state index in [9.17, 15) is 18.4 Å². The van der Waals surface area contributed by atoms with Crippen LogP contribution >= 0.6 is 0 Å². The molecule has 180 valence electrons. The molecule has 0 aromatic heterocycles. The second-order valence-electron chi connectivity index (χ2n) is 8.26. The predicted octanol–water partition coefficient (Wildman–Crippen LogP) is 4.97. The molecule has 0 atom stereocenters. The molecule has 0 fully saturated rings. The quantitative estimate of drug-likeness (QED) is 0.251. The molecule has 0 saturated heterocycles. The highest BCUT2D eigenvalue weighted by Crippen LogP contribution is 2.27. The standard InChI is InChI=1S/C25H30F2O6/c1-16(2)31-13-12-25(3,4)33-15-14-32-20-11-10-19(26)22(27)21(20)23(28)17-6-8-18(9-7-17)24(29)30-5/h6-11,16H,12-15H2,1-5H3. The molecule has 33 heavy (non-hydrogen) atoms. The van der Waals surface area contributed by atoms with Crippen molar-refractivity contribution in [2.24, 2.45) is 0 Å². The van der Waals surface area contributed by atoms with E-state index >= 15 is 0 Å². The fraction of sp³-hybridized carbons (Fsp3) is 0.440. The number of ether oxygens (including phenoxy) is 4. The van der Waals surface area contributed by atoms with Crippen LogP contribution < -0.4 is 4.74 Å². The number of rotatable bonds is 12. The highest BCUT2D eigenvalue weighted by atomic mass is 19.2. The molecule has 8 heteroatoms. The summed E-state index contributed by atoms with van der Waals surface area (Å²) in [6.45, 7) is 8.49. The SMILES string of the molecule is COC(=O)c1ccc(C(=O)c2c(OCCOC(C)(C)CCOC(C)C)ccc(F)c2F)cc1. The third-order valence-electron chi connectivity index (χ3n) is 4.84. The molecule has 0 radical (unpaired) electrons. The van der Waals surface area contributed by atoms with Gasteiger partial charge in [-0.3, -0.25) is 4.79 Å². The molecule has 2 aromatic carbocycles. The number of carbonyl (C=O) groups excluding carboxylic acids is 2. The molecule has 0 N–H and O–H groups in total. The van der Waals surface area contributed by atoms with Crippen molar-refractivity contribution in [1.29, 1.82) is 0 Å². The second kappa shape index (κ2) is 11.9. The van der Waals surface area contributed by atoms with E-state index in [4.69, 9.17) is 14.2 Å². The van der Waals surface area contributed by atoms with E-state index in [1.165, 1.54) is 37.4 Å². The molecule has 2 aromatic rings. The van der Waals surface area contributed by atoms with E-state index in [0.717, 1.165) is 6.07 Å². The van der Waals surface area contributed by atoms with Gasteiger partial charge in [0.1, 0.15) is 17.9 Å². The van der Waals surface area contributed by atoms with Gasteiger partial charge in [0, 0.05) is 12.2 Å². The van der Waals surface area contributed by atoms with Crippen molar-refractivity contribution in [3.8, 4) is 5.75 Å². The zero-order chi connectivity index (χ0) is 24.6. The Morgan fingerprint density at radius 2 is 1.58 bits per heavy atom. The van der Waals surface area contributed by atoms with E-state index < -0.39 is 34.6 Å². The van der Waals surface area contributed by atoms with Crippen molar-refractivity contribution < 1.29 is 37.3 Å². The highest BCUT2D eigenvalue weighted by molar-refractivity contribution is 6.11. The first-order valence-corrected chi connectivity index (χ1v) is 10.6. The van der Waals surface area contributed by atoms with Crippen molar-refractivity contribution >= 4 is 11.8 Å². The fourth-order valence-electron chi connectivity index (χ4n) is 2.97. The van der Waals surface area contributed by atoms with E-state index in [2.05, 4.69) is 4.74 Å². The predicted molar refractivity (Wildman–Crippen MR) is 119 cm³/mol. The Balaban J connectivity index is 2.08. The van der Waals surface area contributed by atoms with Gasteiger partial charge in [0.2, 0.25) is 0 Å². The van der Waals surface area contributed by atoms with Crippen molar-refractivity contribution in [2.75, 3.05) is 26.9 Å². The largest absolute Gasteiger partial charge is 0.490 e. The maximum absolute atomic E-state index is 14.6. The van der Waals surface area contributed by atoms with Crippen molar-refractivity contribution in [1.82, 2.24) is 0 Å². The molecule has 0 aliphatic heterocycles. The van der Waals surface area contributed by atoms with Crippen LogP contribution in [0.3, 0.4) is 0 Å². The Hall–Kier alpha value is -2.84. The first-order valence-electron chi connectivity index (χ1n) is 10.6. The average Bonchev–Trinajstić information content (AvgIpc) is 2.77. The Morgan fingerprint density at radius 3 is 2.18 bits per heavy atom. The summed E-state index contributed by atoms with van der Waals surface area (Å²) in [7, 11) is 1.23. The van der Waals surface area contributed by atoms with Crippen LogP contribution in [0, 0.1) is 11.6 Å². The minimum Gasteiger partial charge on any atom is -0.490 e. The summed E-state index contributed by atoms with van der Waals surface area (Å²) >= 11 is 0. The minimum absolute atomic E-state index is 0.0289. The normalized spacial score (nSPS) is 11.5. The maximum Gasteiger partial charge on any atom is 0.337 e. The van der Waals surface area contributed by atoms with Crippen molar-refractivity contribution in [3.63, 3.8) is 0 Å². The smallest absolute Gasteiger partial charge is 0.337 e. The topological polar surface area (TPSA) is 71.1 Å². The maximum atomic E-state index is 14.6. The molecular formula is C25H30F2O6. The first-order chi connectivity index (χ1) is 15.6. The average molecular weight is 465 g/mol. The number of carbonyl (C=O) groups is 2. The number of benzene rings is 2. The molecule has 0 spiro atoms. The van der Waals surface area contributed by atoms with Crippen molar-refractivity contribution in [3.05, 3.63) is 64.7 Å². The molecule has 0 aliphatic carbocycles. The van der Waals surface area contributed by atoms with Gasteiger partial charge >= 0.3 is 5.97 Å². The number of halogens is 2. The zero-order valence-corrected chi connectivity index (χ0v) is 19.6. The monoisotopic (exact) mass is 464 g/mol. The lowest BCUT2D eigenvalue weighted by atomic mass is 10.0. The van der Waals surface area contributed by atoms with E-state index in [-0.39, 0.29) is 36.2 Å².